The highest BCUT2D eigenvalue weighted by atomic mass is 32.2. The van der Waals surface area contributed by atoms with Crippen molar-refractivity contribution in [3.8, 4) is 5.75 Å². The van der Waals surface area contributed by atoms with Gasteiger partial charge in [-0.3, -0.25) is 4.79 Å². The van der Waals surface area contributed by atoms with E-state index >= 15 is 0 Å². The maximum absolute atomic E-state index is 11.2. The highest BCUT2D eigenvalue weighted by molar-refractivity contribution is 8.00. The lowest BCUT2D eigenvalue weighted by Gasteiger charge is -2.06. The van der Waals surface area contributed by atoms with Crippen molar-refractivity contribution in [3.05, 3.63) is 24.3 Å². The Balaban J connectivity index is 2.10. The number of carbonyl (C=O) groups excluding carboxylic acids is 1. The van der Waals surface area contributed by atoms with Crippen molar-refractivity contribution < 1.29 is 14.6 Å². The van der Waals surface area contributed by atoms with E-state index in [0.717, 1.165) is 11.3 Å². The number of phenols is 1. The number of thioether (sulfide) groups is 1. The molecule has 1 N–H and O–H groups in total. The van der Waals surface area contributed by atoms with Gasteiger partial charge in [0, 0.05) is 11.3 Å². The van der Waals surface area contributed by atoms with Crippen LogP contribution in [-0.4, -0.2) is 22.9 Å². The summed E-state index contributed by atoms with van der Waals surface area (Å²) in [6.07, 6.45) is 0.720. The first kappa shape index (κ1) is 9.40. The average molecular weight is 210 g/mol. The van der Waals surface area contributed by atoms with E-state index in [1.165, 1.54) is 11.8 Å². The lowest BCUT2D eigenvalue weighted by atomic mass is 10.3. The molecule has 1 heterocycles. The smallest absolute Gasteiger partial charge is 0.319 e. The van der Waals surface area contributed by atoms with Gasteiger partial charge < -0.3 is 9.84 Å². The minimum atomic E-state index is -0.182. The first-order chi connectivity index (χ1) is 6.77. The molecular weight excluding hydrogens is 200 g/mol. The molecule has 0 aliphatic carbocycles. The average Bonchev–Trinajstić information content (AvgIpc) is 2.56. The van der Waals surface area contributed by atoms with Crippen molar-refractivity contribution in [1.82, 2.24) is 0 Å². The zero-order valence-corrected chi connectivity index (χ0v) is 8.29. The Kier molecular flexibility index (Phi) is 2.63. The first-order valence-electron chi connectivity index (χ1n) is 4.38. The number of cyclic esters (lactones) is 1. The molecule has 4 heteroatoms. The Morgan fingerprint density at radius 2 is 2.21 bits per heavy atom. The summed E-state index contributed by atoms with van der Waals surface area (Å²) in [7, 11) is 0. The second kappa shape index (κ2) is 3.92. The number of ether oxygens (including phenoxy) is 1. The van der Waals surface area contributed by atoms with Gasteiger partial charge in [0.2, 0.25) is 0 Å². The third-order valence-corrected chi connectivity index (χ3v) is 3.33. The largest absolute Gasteiger partial charge is 0.507 e. The molecule has 0 bridgehead atoms. The highest BCUT2D eigenvalue weighted by Crippen LogP contribution is 2.34. The van der Waals surface area contributed by atoms with Crippen molar-refractivity contribution in [1.29, 1.82) is 0 Å². The molecule has 0 amide bonds. The van der Waals surface area contributed by atoms with Crippen LogP contribution in [0.25, 0.3) is 0 Å². The van der Waals surface area contributed by atoms with E-state index < -0.39 is 0 Å². The van der Waals surface area contributed by atoms with Gasteiger partial charge in [-0.2, -0.15) is 0 Å². The van der Waals surface area contributed by atoms with E-state index in [1.54, 1.807) is 18.2 Å². The molecule has 0 aromatic heterocycles. The molecule has 3 nitrogen and oxygen atoms in total. The van der Waals surface area contributed by atoms with Gasteiger partial charge in [0.05, 0.1) is 6.61 Å². The molecule has 1 fully saturated rings. The molecule has 0 saturated carbocycles. The van der Waals surface area contributed by atoms with Crippen molar-refractivity contribution in [3.63, 3.8) is 0 Å². The normalized spacial score (nSPS) is 20.9. The Labute approximate surface area is 86.1 Å². The monoisotopic (exact) mass is 210 g/mol. The molecule has 0 radical (unpaired) electrons. The summed E-state index contributed by atoms with van der Waals surface area (Å²) in [5, 5.41) is 9.32. The van der Waals surface area contributed by atoms with Crippen LogP contribution in [0.2, 0.25) is 0 Å². The van der Waals surface area contributed by atoms with Gasteiger partial charge in [-0.25, -0.2) is 0 Å². The summed E-state index contributed by atoms with van der Waals surface area (Å²) >= 11 is 1.36. The van der Waals surface area contributed by atoms with E-state index in [9.17, 15) is 9.90 Å². The van der Waals surface area contributed by atoms with E-state index in [4.69, 9.17) is 4.74 Å². The summed E-state index contributed by atoms with van der Waals surface area (Å²) in [5.41, 5.74) is 0. The van der Waals surface area contributed by atoms with Crippen molar-refractivity contribution in [2.24, 2.45) is 0 Å². The molecule has 1 aromatic carbocycles. The molecule has 0 spiro atoms. The number of carbonyl (C=O) groups is 1. The topological polar surface area (TPSA) is 46.5 Å². The van der Waals surface area contributed by atoms with Crippen LogP contribution in [0, 0.1) is 0 Å². The molecule has 1 aliphatic heterocycles. The van der Waals surface area contributed by atoms with Crippen LogP contribution in [-0.2, 0) is 9.53 Å². The standard InChI is InChI=1S/C10H10O3S/c11-7-3-1-2-4-8(7)14-9-5-6-13-10(9)12/h1-4,9,11H,5-6H2. The SMILES string of the molecule is O=C1OCCC1Sc1ccccc1O. The van der Waals surface area contributed by atoms with E-state index in [1.807, 2.05) is 6.07 Å². The predicted molar refractivity (Wildman–Crippen MR) is 53.3 cm³/mol. The number of hydrogen-bond donors (Lipinski definition) is 1. The summed E-state index contributed by atoms with van der Waals surface area (Å²) in [6, 6.07) is 7.00. The van der Waals surface area contributed by atoms with Crippen LogP contribution in [0.15, 0.2) is 29.2 Å². The third-order valence-electron chi connectivity index (χ3n) is 2.02. The van der Waals surface area contributed by atoms with Crippen molar-refractivity contribution >= 4 is 17.7 Å². The lowest BCUT2D eigenvalue weighted by molar-refractivity contribution is -0.137. The number of esters is 1. The molecule has 1 unspecified atom stereocenters. The highest BCUT2D eigenvalue weighted by Gasteiger charge is 2.27. The van der Waals surface area contributed by atoms with Crippen molar-refractivity contribution in [2.45, 2.75) is 16.6 Å². The van der Waals surface area contributed by atoms with E-state index in [-0.39, 0.29) is 17.0 Å². The second-order valence-electron chi connectivity index (χ2n) is 3.03. The summed E-state index contributed by atoms with van der Waals surface area (Å²) in [6.45, 7) is 0.490. The Morgan fingerprint density at radius 3 is 2.86 bits per heavy atom. The zero-order valence-electron chi connectivity index (χ0n) is 7.47. The molecule has 1 saturated heterocycles. The van der Waals surface area contributed by atoms with Crippen LogP contribution in [0.3, 0.4) is 0 Å². The van der Waals surface area contributed by atoms with Gasteiger partial charge in [-0.15, -0.1) is 11.8 Å². The van der Waals surface area contributed by atoms with Gasteiger partial charge in [-0.1, -0.05) is 12.1 Å². The second-order valence-corrected chi connectivity index (χ2v) is 4.27. The molecule has 74 valence electrons. The number of para-hydroxylation sites is 1. The first-order valence-corrected chi connectivity index (χ1v) is 5.26. The Morgan fingerprint density at radius 1 is 1.43 bits per heavy atom. The fraction of sp³-hybridized carbons (Fsp3) is 0.300. The fourth-order valence-electron chi connectivity index (χ4n) is 1.29. The van der Waals surface area contributed by atoms with Gasteiger partial charge >= 0.3 is 5.97 Å². The van der Waals surface area contributed by atoms with Crippen molar-refractivity contribution in [2.75, 3.05) is 6.61 Å². The summed E-state index contributed by atoms with van der Waals surface area (Å²) < 4.78 is 4.84. The minimum absolute atomic E-state index is 0.164. The maximum atomic E-state index is 11.2. The fourth-order valence-corrected chi connectivity index (χ4v) is 2.33. The van der Waals surface area contributed by atoms with Gasteiger partial charge in [0.1, 0.15) is 11.0 Å². The number of hydrogen-bond acceptors (Lipinski definition) is 4. The number of benzene rings is 1. The summed E-state index contributed by atoms with van der Waals surface area (Å²) in [5.74, 6) is 0.0375. The molecule has 14 heavy (non-hydrogen) atoms. The maximum Gasteiger partial charge on any atom is 0.319 e. The van der Waals surface area contributed by atoms with Crippen LogP contribution in [0.1, 0.15) is 6.42 Å². The van der Waals surface area contributed by atoms with E-state index in [0.29, 0.717) is 6.61 Å². The molecular formula is C10H10O3S. The van der Waals surface area contributed by atoms with Gasteiger partial charge in [0.25, 0.3) is 0 Å². The molecule has 1 atom stereocenters. The molecule has 1 aliphatic rings. The zero-order chi connectivity index (χ0) is 9.97. The van der Waals surface area contributed by atoms with Gasteiger partial charge in [-0.05, 0) is 12.1 Å². The predicted octanol–water partition coefficient (Wildman–Crippen LogP) is 1.80. The number of rotatable bonds is 2. The number of phenolic OH excluding ortho intramolecular Hbond substituents is 1. The lowest BCUT2D eigenvalue weighted by Crippen LogP contribution is -2.08. The van der Waals surface area contributed by atoms with Gasteiger partial charge in [0.15, 0.2) is 0 Å². The minimum Gasteiger partial charge on any atom is -0.507 e. The van der Waals surface area contributed by atoms with Crippen LogP contribution >= 0.6 is 11.8 Å². The van der Waals surface area contributed by atoms with Crippen LogP contribution in [0.4, 0.5) is 0 Å². The van der Waals surface area contributed by atoms with Crippen LogP contribution in [0.5, 0.6) is 5.75 Å². The number of aromatic hydroxyl groups is 1. The quantitative estimate of drug-likeness (QED) is 0.756. The molecule has 2 rings (SSSR count). The van der Waals surface area contributed by atoms with E-state index in [2.05, 4.69) is 0 Å². The summed E-state index contributed by atoms with van der Waals surface area (Å²) in [4.78, 5) is 11.9. The van der Waals surface area contributed by atoms with Crippen LogP contribution < -0.4 is 0 Å². The third kappa shape index (κ3) is 1.85. The molecule has 1 aromatic rings. The Hall–Kier alpha value is -1.16. The Bertz CT molecular complexity index is 351.